The molecule has 0 aliphatic rings. The van der Waals surface area contributed by atoms with Crippen LogP contribution in [0.3, 0.4) is 0 Å². The quantitative estimate of drug-likeness (QED) is 0.638. The molecule has 23 heavy (non-hydrogen) atoms. The van der Waals surface area contributed by atoms with Crippen LogP contribution < -0.4 is 5.73 Å². The molecule has 2 N–H and O–H groups in total. The zero-order chi connectivity index (χ0) is 17.0. The predicted octanol–water partition coefficient (Wildman–Crippen LogP) is 3.63. The fourth-order valence-corrected chi connectivity index (χ4v) is 4.32. The van der Waals surface area contributed by atoms with Gasteiger partial charge in [0.05, 0.1) is 5.70 Å². The zero-order valence-electron chi connectivity index (χ0n) is 13.8. The molecule has 6 heteroatoms. The number of nitrogens with zero attached hydrogens (tertiary/aromatic N) is 1. The van der Waals surface area contributed by atoms with E-state index in [1.165, 1.54) is 0 Å². The van der Waals surface area contributed by atoms with Crippen LogP contribution in [-0.4, -0.2) is 31.0 Å². The van der Waals surface area contributed by atoms with Gasteiger partial charge in [-0.05, 0) is 36.7 Å². The summed E-state index contributed by atoms with van der Waals surface area (Å²) < 4.78 is 5.68. The molecular weight excluding hydrogens is 328 g/mol. The van der Waals surface area contributed by atoms with Gasteiger partial charge in [-0.15, -0.1) is 22.7 Å². The van der Waals surface area contributed by atoms with E-state index in [9.17, 15) is 4.79 Å². The number of allylic oxidation sites excluding steroid dienone is 1. The van der Waals surface area contributed by atoms with E-state index in [4.69, 9.17) is 10.5 Å². The van der Waals surface area contributed by atoms with Crippen molar-refractivity contribution in [2.75, 3.05) is 14.1 Å². The zero-order valence-corrected chi connectivity index (χ0v) is 15.4. The third kappa shape index (κ3) is 4.22. The monoisotopic (exact) mass is 350 g/mol. The lowest BCUT2D eigenvalue weighted by Gasteiger charge is -2.23. The second-order valence-electron chi connectivity index (χ2n) is 5.51. The summed E-state index contributed by atoms with van der Waals surface area (Å²) in [6.07, 6.45) is 0. The van der Waals surface area contributed by atoms with Gasteiger partial charge in [0.1, 0.15) is 11.7 Å². The van der Waals surface area contributed by atoms with E-state index in [0.717, 1.165) is 15.5 Å². The van der Waals surface area contributed by atoms with Crippen LogP contribution in [0, 0.1) is 0 Å². The molecule has 2 aromatic heterocycles. The third-order valence-corrected chi connectivity index (χ3v) is 5.29. The van der Waals surface area contributed by atoms with Gasteiger partial charge in [-0.2, -0.15) is 0 Å². The number of rotatable bonds is 6. The number of carbonyl (C=O) groups is 1. The second kappa shape index (κ2) is 7.77. The predicted molar refractivity (Wildman–Crippen MR) is 96.6 cm³/mol. The maximum Gasteiger partial charge on any atom is 0.324 e. The average molecular weight is 351 g/mol. The van der Waals surface area contributed by atoms with Gasteiger partial charge in [0, 0.05) is 29.9 Å². The maximum atomic E-state index is 12.8. The molecule has 2 aromatic rings. The number of ether oxygens (including phenoxy) is 1. The van der Waals surface area contributed by atoms with Crippen LogP contribution in [0.5, 0.6) is 0 Å². The van der Waals surface area contributed by atoms with Crippen molar-refractivity contribution in [1.82, 2.24) is 4.90 Å². The highest BCUT2D eigenvalue weighted by atomic mass is 32.1. The van der Waals surface area contributed by atoms with Gasteiger partial charge in [0.2, 0.25) is 0 Å². The lowest BCUT2D eigenvalue weighted by molar-refractivity contribution is -0.140. The molecule has 2 rings (SSSR count). The van der Waals surface area contributed by atoms with E-state index in [2.05, 4.69) is 0 Å². The molecule has 1 atom stereocenters. The largest absolute Gasteiger partial charge is 0.429 e. The van der Waals surface area contributed by atoms with Crippen molar-refractivity contribution in [1.29, 1.82) is 0 Å². The van der Waals surface area contributed by atoms with Crippen molar-refractivity contribution in [2.45, 2.75) is 25.8 Å². The normalized spacial score (nSPS) is 13.7. The van der Waals surface area contributed by atoms with Crippen molar-refractivity contribution in [2.24, 2.45) is 5.73 Å². The Kier molecular flexibility index (Phi) is 5.98. The summed E-state index contributed by atoms with van der Waals surface area (Å²) in [7, 11) is 3.79. The Hall–Kier alpha value is -1.63. The van der Waals surface area contributed by atoms with Crippen molar-refractivity contribution in [3.63, 3.8) is 0 Å². The van der Waals surface area contributed by atoms with E-state index in [-0.39, 0.29) is 17.9 Å². The Morgan fingerprint density at radius 3 is 2.04 bits per heavy atom. The van der Waals surface area contributed by atoms with E-state index >= 15 is 0 Å². The number of thiophene rings is 2. The molecule has 0 radical (unpaired) electrons. The van der Waals surface area contributed by atoms with Crippen LogP contribution in [0.15, 0.2) is 46.5 Å². The molecule has 0 fully saturated rings. The Balaban J connectivity index is 2.31. The van der Waals surface area contributed by atoms with E-state index < -0.39 is 0 Å². The van der Waals surface area contributed by atoms with Crippen molar-refractivity contribution in [3.05, 3.63) is 56.2 Å². The van der Waals surface area contributed by atoms with Crippen LogP contribution in [0.2, 0.25) is 0 Å². The minimum absolute atomic E-state index is 0.209. The number of likely N-dealkylation sites (N-methyl/N-ethyl adjacent to an activating group) is 1. The fourth-order valence-electron chi connectivity index (χ4n) is 2.59. The molecule has 0 aromatic carbocycles. The summed E-state index contributed by atoms with van der Waals surface area (Å²) in [5.74, 6) is -0.109. The number of nitrogens with two attached hydrogens (primary N) is 1. The van der Waals surface area contributed by atoms with Crippen LogP contribution >= 0.6 is 22.7 Å². The van der Waals surface area contributed by atoms with Crippen molar-refractivity contribution >= 4 is 28.6 Å². The summed E-state index contributed by atoms with van der Waals surface area (Å²) in [5, 5.41) is 3.94. The summed E-state index contributed by atoms with van der Waals surface area (Å²) in [5.41, 5.74) is 6.81. The number of hydrogen-bond acceptors (Lipinski definition) is 6. The molecule has 1 unspecified atom stereocenters. The summed E-state index contributed by atoms with van der Waals surface area (Å²) in [6.45, 7) is 3.67. The standard InChI is InChI=1S/C17H22N2O2S2/c1-11(18)16(19(3)4)12(2)21-17(20)15(13-7-5-9-22-13)14-8-6-10-23-14/h5-11,15H,18H2,1-4H3/b16-12+. The first-order valence-corrected chi connectivity index (χ1v) is 9.10. The average Bonchev–Trinajstić information content (AvgIpc) is 3.11. The lowest BCUT2D eigenvalue weighted by Crippen LogP contribution is -2.30. The number of carbonyl (C=O) groups excluding carboxylic acids is 1. The third-order valence-electron chi connectivity index (χ3n) is 3.42. The number of hydrogen-bond donors (Lipinski definition) is 1. The van der Waals surface area contributed by atoms with Gasteiger partial charge >= 0.3 is 5.97 Å². The number of esters is 1. The maximum absolute atomic E-state index is 12.8. The fraction of sp³-hybridized carbons (Fsp3) is 0.353. The highest BCUT2D eigenvalue weighted by molar-refractivity contribution is 7.11. The van der Waals surface area contributed by atoms with Gasteiger partial charge in [-0.1, -0.05) is 12.1 Å². The highest BCUT2D eigenvalue weighted by Crippen LogP contribution is 2.33. The van der Waals surface area contributed by atoms with Gasteiger partial charge < -0.3 is 15.4 Å². The first-order chi connectivity index (χ1) is 10.9. The van der Waals surface area contributed by atoms with Gasteiger partial charge in [0.15, 0.2) is 0 Å². The topological polar surface area (TPSA) is 55.6 Å². The van der Waals surface area contributed by atoms with Gasteiger partial charge in [0.25, 0.3) is 0 Å². The first kappa shape index (κ1) is 17.7. The molecule has 0 spiro atoms. The molecule has 0 saturated heterocycles. The Morgan fingerprint density at radius 1 is 1.17 bits per heavy atom. The Bertz CT molecular complexity index is 615. The molecule has 0 bridgehead atoms. The highest BCUT2D eigenvalue weighted by Gasteiger charge is 2.27. The minimum Gasteiger partial charge on any atom is -0.429 e. The van der Waals surface area contributed by atoms with E-state index in [1.807, 2.05) is 60.9 Å². The van der Waals surface area contributed by atoms with Crippen LogP contribution in [0.4, 0.5) is 0 Å². The minimum atomic E-state index is -0.388. The molecule has 2 heterocycles. The Labute approximate surface area is 145 Å². The Morgan fingerprint density at radius 2 is 1.70 bits per heavy atom. The summed E-state index contributed by atoms with van der Waals surface area (Å²) in [4.78, 5) is 16.7. The SMILES string of the molecule is C/C(OC(=O)C(c1cccs1)c1cccs1)=C(/C(C)N)N(C)C. The first-order valence-electron chi connectivity index (χ1n) is 7.34. The molecule has 4 nitrogen and oxygen atoms in total. The molecular formula is C17H22N2O2S2. The van der Waals surface area contributed by atoms with Gasteiger partial charge in [-0.25, -0.2) is 0 Å². The van der Waals surface area contributed by atoms with Crippen LogP contribution in [-0.2, 0) is 9.53 Å². The molecule has 0 aliphatic heterocycles. The molecule has 0 saturated carbocycles. The molecule has 0 amide bonds. The van der Waals surface area contributed by atoms with E-state index in [0.29, 0.717) is 5.76 Å². The van der Waals surface area contributed by atoms with Gasteiger partial charge in [-0.3, -0.25) is 4.79 Å². The van der Waals surface area contributed by atoms with E-state index in [1.54, 1.807) is 29.6 Å². The van der Waals surface area contributed by atoms with Crippen molar-refractivity contribution < 1.29 is 9.53 Å². The van der Waals surface area contributed by atoms with Crippen LogP contribution in [0.1, 0.15) is 29.5 Å². The smallest absolute Gasteiger partial charge is 0.324 e. The second-order valence-corrected chi connectivity index (χ2v) is 7.47. The van der Waals surface area contributed by atoms with Crippen LogP contribution in [0.25, 0.3) is 0 Å². The molecule has 124 valence electrons. The molecule has 0 aliphatic carbocycles. The lowest BCUT2D eigenvalue weighted by atomic mass is 10.1. The summed E-state index contributed by atoms with van der Waals surface area (Å²) >= 11 is 3.12. The van der Waals surface area contributed by atoms with Crippen molar-refractivity contribution in [3.8, 4) is 0 Å². The summed E-state index contributed by atoms with van der Waals surface area (Å²) in [6, 6.07) is 7.62.